The molecule has 0 aliphatic heterocycles. The van der Waals surface area contributed by atoms with Crippen LogP contribution < -0.4 is 0 Å². The minimum absolute atomic E-state index is 0.678. The molecule has 6 heavy (non-hydrogen) atoms. The molecule has 2 unspecified atom stereocenters. The Hall–Kier alpha value is 1.57. The van der Waals surface area contributed by atoms with E-state index in [0.29, 0.717) is -0.117 Å². The molecule has 0 aromatic carbocycles. The maximum absolute atomic E-state index is 2.51. The van der Waals surface area contributed by atoms with Crippen LogP contribution in [0.1, 0.15) is 20.3 Å². The van der Waals surface area contributed by atoms with E-state index in [2.05, 4.69) is 60.4 Å². The Balaban J connectivity index is 2.41. The van der Waals surface area contributed by atoms with Crippen LogP contribution in [0.25, 0.3) is 0 Å². The number of hydrogen-bond acceptors (Lipinski definition) is 0. The van der Waals surface area contributed by atoms with Gasteiger partial charge in [-0.05, 0) is 0 Å². The molecule has 0 N–H and O–H groups in total. The van der Waals surface area contributed by atoms with E-state index in [1.165, 1.54) is 6.42 Å². The first-order valence-corrected chi connectivity index (χ1v) is 3.40. The van der Waals surface area contributed by atoms with Crippen LogP contribution in [0.5, 0.6) is 0 Å². The second-order valence-electron chi connectivity index (χ2n) is 2.38. The van der Waals surface area contributed by atoms with E-state index in [0.717, 1.165) is 5.92 Å². The van der Waals surface area contributed by atoms with Crippen LogP contribution in [0.2, 0.25) is -0.117 Å². The Morgan fingerprint density at radius 1 is 1.83 bits per heavy atom. The predicted molar refractivity (Wildman–Crippen MR) is 23.5 cm³/mol. The fraction of sp³-hybridized carbons (Fsp3) is 1.00. The van der Waals surface area contributed by atoms with Crippen molar-refractivity contribution in [2.75, 3.05) is 0 Å². The molecule has 0 nitrogen and oxygen atoms in total. The van der Waals surface area contributed by atoms with Gasteiger partial charge in [0.15, 0.2) is 0 Å². The molecule has 1 saturated carbocycles. The average molecular weight is 201 g/mol. The summed E-state index contributed by atoms with van der Waals surface area (Å²) in [5.41, 5.74) is 0. The summed E-state index contributed by atoms with van der Waals surface area (Å²) in [7, 11) is 0. The van der Waals surface area contributed by atoms with Gasteiger partial charge in [-0.2, -0.15) is 0 Å². The molecule has 1 fully saturated rings. The van der Waals surface area contributed by atoms with Crippen molar-refractivity contribution in [1.29, 1.82) is 0 Å². The maximum atomic E-state index is 2.51. The van der Waals surface area contributed by atoms with E-state index in [4.69, 9.17) is 0 Å². The van der Waals surface area contributed by atoms with Crippen LogP contribution >= 0.6 is 0 Å². The summed E-state index contributed by atoms with van der Waals surface area (Å²) in [5, 5.41) is 0. The summed E-state index contributed by atoms with van der Waals surface area (Å²) in [4.78, 5) is 0. The van der Waals surface area contributed by atoms with Crippen molar-refractivity contribution in [3.05, 3.63) is 0 Å². The Labute approximate surface area is 71.4 Å². The van der Waals surface area contributed by atoms with E-state index in [-0.39, 0.29) is 0 Å². The third kappa shape index (κ3) is 1.04. The molecular formula is C5H10Xe. The fourth-order valence-electron chi connectivity index (χ4n) is 0.540. The molecule has 0 aromatic heterocycles. The standard InChI is InChI=1S/C5H10Xe/c1-4-3-5(4,2)6/h4,6H,3H2,1-2H3. The molecule has 1 aliphatic carbocycles. The van der Waals surface area contributed by atoms with Crippen LogP contribution in [-0.4, -0.2) is 0 Å². The third-order valence-electron chi connectivity index (χ3n) is 1.57. The van der Waals surface area contributed by atoms with Gasteiger partial charge in [-0.15, -0.1) is 0 Å². The van der Waals surface area contributed by atoms with Gasteiger partial charge in [0.2, 0.25) is 0 Å². The van der Waals surface area contributed by atoms with E-state index < -0.39 is 0 Å². The molecule has 0 bridgehead atoms. The zero-order valence-corrected chi connectivity index (χ0v) is 6.32. The first kappa shape index (κ1) is 5.70. The first-order valence-electron chi connectivity index (χ1n) is 2.32. The zero-order valence-electron chi connectivity index (χ0n) is 4.16. The minimum atomic E-state index is 0.678. The summed E-state index contributed by atoms with van der Waals surface area (Å²) >= 11 is 2.51. The molecule has 2 atom stereocenters. The molecule has 38 valence electrons. The van der Waals surface area contributed by atoms with Gasteiger partial charge >= 0.3 is 72.6 Å². The normalized spacial score (nSPS) is 55.7. The van der Waals surface area contributed by atoms with E-state index >= 15 is 0 Å². The van der Waals surface area contributed by atoms with Crippen LogP contribution in [0.15, 0.2) is 0 Å². The monoisotopic (exact) mass is 202 g/mol. The summed E-state index contributed by atoms with van der Waals surface area (Å²) in [6.45, 7) is 4.60. The van der Waals surface area contributed by atoms with Gasteiger partial charge in [-0.1, -0.05) is 0 Å². The van der Waals surface area contributed by atoms with E-state index in [1.54, 1.807) is 0 Å². The molecule has 0 heterocycles. The molecule has 0 amide bonds. The zero-order chi connectivity index (χ0) is 4.78. The van der Waals surface area contributed by atoms with E-state index in [1.807, 2.05) is 0 Å². The van der Waals surface area contributed by atoms with Gasteiger partial charge in [0, 0.05) is 0 Å². The second-order valence-corrected chi connectivity index (χ2v) is 4.85. The average Bonchev–Trinajstić information content (AvgIpc) is 1.73. The molecular weight excluding hydrogens is 191 g/mol. The third-order valence-corrected chi connectivity index (χ3v) is 3.08. The quantitative estimate of drug-likeness (QED) is 0.557. The number of rotatable bonds is 0. The van der Waals surface area contributed by atoms with Gasteiger partial charge in [0.1, 0.15) is 0 Å². The van der Waals surface area contributed by atoms with Crippen molar-refractivity contribution >= 4 is 0 Å². The van der Waals surface area contributed by atoms with Crippen molar-refractivity contribution in [3.63, 3.8) is 0 Å². The Kier molecular flexibility index (Phi) is 1.45. The second kappa shape index (κ2) is 1.52. The van der Waals surface area contributed by atoms with E-state index in [9.17, 15) is 0 Å². The van der Waals surface area contributed by atoms with Gasteiger partial charge in [0.25, 0.3) is 0 Å². The molecule has 0 radical (unpaired) electrons. The number of hydrogen-bond donors (Lipinski definition) is 0. The predicted octanol–water partition coefficient (Wildman–Crippen LogP) is 1.49. The Morgan fingerprint density at radius 3 is 2.00 bits per heavy atom. The summed E-state index contributed by atoms with van der Waals surface area (Å²) in [6.07, 6.45) is 1.42. The van der Waals surface area contributed by atoms with Crippen LogP contribution in [0.3, 0.4) is 0 Å². The van der Waals surface area contributed by atoms with Crippen molar-refractivity contribution in [1.82, 2.24) is 0 Å². The van der Waals surface area contributed by atoms with Gasteiger partial charge < -0.3 is 0 Å². The molecule has 1 heteroatoms. The molecule has 1 rings (SSSR count). The Bertz CT molecular complexity index is 66.3. The van der Waals surface area contributed by atoms with Crippen molar-refractivity contribution in [2.24, 2.45) is 5.92 Å². The van der Waals surface area contributed by atoms with Crippen molar-refractivity contribution in [2.45, 2.75) is 20.2 Å². The summed E-state index contributed by atoms with van der Waals surface area (Å²) < 4.78 is 0.678. The molecule has 1 aliphatic rings. The Morgan fingerprint density at radius 2 is 2.00 bits per heavy atom. The first-order chi connectivity index (χ1) is 2.63. The van der Waals surface area contributed by atoms with Crippen LogP contribution in [0.4, 0.5) is 0 Å². The summed E-state index contributed by atoms with van der Waals surface area (Å²) in [5.74, 6) is 0.984. The fourth-order valence-corrected chi connectivity index (χ4v) is 1.20. The van der Waals surface area contributed by atoms with Gasteiger partial charge in [-0.25, -0.2) is 0 Å². The SMILES string of the molecule is CC1CC1(C)[XeH]. The van der Waals surface area contributed by atoms with Crippen molar-refractivity contribution < 1.29 is 46.5 Å². The van der Waals surface area contributed by atoms with Gasteiger partial charge in [0.05, 0.1) is 0 Å². The van der Waals surface area contributed by atoms with Crippen molar-refractivity contribution in [3.8, 4) is 0 Å². The molecule has 0 aromatic rings. The molecule has 0 spiro atoms. The summed E-state index contributed by atoms with van der Waals surface area (Å²) in [6, 6.07) is 0. The molecule has 0 saturated heterocycles. The topological polar surface area (TPSA) is 0 Å². The van der Waals surface area contributed by atoms with Crippen LogP contribution in [-0.2, 0) is 0 Å². The van der Waals surface area contributed by atoms with Crippen LogP contribution in [0, 0.1) is 52.5 Å². The van der Waals surface area contributed by atoms with Gasteiger partial charge in [-0.3, -0.25) is 0 Å².